The first kappa shape index (κ1) is 16.0. The number of nitrogens with one attached hydrogen (secondary N) is 2. The molecule has 24 heavy (non-hydrogen) atoms. The van der Waals surface area contributed by atoms with Crippen molar-refractivity contribution in [1.82, 2.24) is 10.7 Å². The van der Waals surface area contributed by atoms with Gasteiger partial charge < -0.3 is 5.32 Å². The second kappa shape index (κ2) is 6.70. The molecule has 1 heterocycles. The lowest BCUT2D eigenvalue weighted by Crippen LogP contribution is -2.59. The van der Waals surface area contributed by atoms with E-state index in [1.807, 2.05) is 12.2 Å². The summed E-state index contributed by atoms with van der Waals surface area (Å²) in [5.41, 5.74) is 3.55. The van der Waals surface area contributed by atoms with Gasteiger partial charge in [-0.25, -0.2) is 5.01 Å². The Hall–Kier alpha value is -2.89. The molecule has 0 bridgehead atoms. The molecule has 1 aliphatic carbocycles. The molecule has 0 saturated carbocycles. The molecule has 0 spiro atoms. The van der Waals surface area contributed by atoms with Gasteiger partial charge in [-0.05, 0) is 31.0 Å². The molecule has 1 aliphatic heterocycles. The van der Waals surface area contributed by atoms with Gasteiger partial charge in [-0.3, -0.25) is 19.8 Å². The predicted molar refractivity (Wildman–Crippen MR) is 90.0 cm³/mol. The lowest BCUT2D eigenvalue weighted by molar-refractivity contribution is -0.139. The summed E-state index contributed by atoms with van der Waals surface area (Å²) in [5.74, 6) is -1.22. The molecule has 3 rings (SSSR count). The average Bonchev–Trinajstić information content (AvgIpc) is 2.63. The van der Waals surface area contributed by atoms with Crippen LogP contribution >= 0.6 is 0 Å². The Morgan fingerprint density at radius 3 is 2.79 bits per heavy atom. The number of anilines is 1. The topological polar surface area (TPSA) is 78.5 Å². The summed E-state index contributed by atoms with van der Waals surface area (Å²) in [4.78, 5) is 37.1. The third kappa shape index (κ3) is 2.95. The molecule has 6 heteroatoms. The quantitative estimate of drug-likeness (QED) is 0.825. The van der Waals surface area contributed by atoms with E-state index in [9.17, 15) is 14.4 Å². The Kier molecular flexibility index (Phi) is 4.46. The van der Waals surface area contributed by atoms with Crippen molar-refractivity contribution in [2.45, 2.75) is 12.8 Å². The van der Waals surface area contributed by atoms with Gasteiger partial charge >= 0.3 is 0 Å². The number of hydrogen-bond donors (Lipinski definition) is 2. The first-order valence-corrected chi connectivity index (χ1v) is 7.90. The third-order valence-electron chi connectivity index (χ3n) is 4.30. The Balaban J connectivity index is 1.84. The fourth-order valence-electron chi connectivity index (χ4n) is 3.04. The summed E-state index contributed by atoms with van der Waals surface area (Å²) in [7, 11) is 0. The van der Waals surface area contributed by atoms with Crippen LogP contribution in [-0.2, 0) is 9.59 Å². The summed E-state index contributed by atoms with van der Waals surface area (Å²) in [6.45, 7) is 3.91. The van der Waals surface area contributed by atoms with Gasteiger partial charge in [-0.15, -0.1) is 6.58 Å². The van der Waals surface area contributed by atoms with Gasteiger partial charge in [0.25, 0.3) is 5.91 Å². The van der Waals surface area contributed by atoms with E-state index in [4.69, 9.17) is 0 Å². The summed E-state index contributed by atoms with van der Waals surface area (Å²) < 4.78 is 0. The summed E-state index contributed by atoms with van der Waals surface area (Å²) in [5, 5.41) is 3.94. The van der Waals surface area contributed by atoms with Crippen molar-refractivity contribution in [2.75, 3.05) is 11.6 Å². The highest BCUT2D eigenvalue weighted by Crippen LogP contribution is 2.32. The Morgan fingerprint density at radius 1 is 1.29 bits per heavy atom. The van der Waals surface area contributed by atoms with Crippen molar-refractivity contribution in [2.24, 2.45) is 11.8 Å². The molecule has 124 valence electrons. The summed E-state index contributed by atoms with van der Waals surface area (Å²) in [6, 6.07) is 6.63. The van der Waals surface area contributed by atoms with Crippen molar-refractivity contribution < 1.29 is 14.4 Å². The number of allylic oxidation sites excluding steroid dienone is 2. The van der Waals surface area contributed by atoms with Crippen molar-refractivity contribution in [3.05, 3.63) is 54.6 Å². The molecule has 1 fully saturated rings. The van der Waals surface area contributed by atoms with Crippen LogP contribution < -0.4 is 15.8 Å². The maximum atomic E-state index is 12.7. The lowest BCUT2D eigenvalue weighted by atomic mass is 9.80. The maximum absolute atomic E-state index is 12.7. The zero-order chi connectivity index (χ0) is 17.1. The lowest BCUT2D eigenvalue weighted by Gasteiger charge is -2.38. The highest BCUT2D eigenvalue weighted by Gasteiger charge is 2.42. The van der Waals surface area contributed by atoms with Gasteiger partial charge in [0, 0.05) is 12.1 Å². The third-order valence-corrected chi connectivity index (χ3v) is 4.30. The Labute approximate surface area is 140 Å². The molecule has 2 N–H and O–H groups in total. The van der Waals surface area contributed by atoms with Crippen LogP contribution in [0.15, 0.2) is 49.1 Å². The van der Waals surface area contributed by atoms with Crippen LogP contribution in [0.1, 0.15) is 23.2 Å². The molecule has 2 atom stereocenters. The van der Waals surface area contributed by atoms with Crippen molar-refractivity contribution in [1.29, 1.82) is 0 Å². The number of rotatable bonds is 4. The highest BCUT2D eigenvalue weighted by molar-refractivity contribution is 6.05. The molecule has 6 nitrogen and oxygen atoms in total. The number of carbonyl (C=O) groups is 3. The van der Waals surface area contributed by atoms with Crippen molar-refractivity contribution >= 4 is 23.4 Å². The van der Waals surface area contributed by atoms with E-state index < -0.39 is 0 Å². The van der Waals surface area contributed by atoms with Gasteiger partial charge in [0.05, 0.1) is 17.5 Å². The monoisotopic (exact) mass is 325 g/mol. The van der Waals surface area contributed by atoms with Crippen LogP contribution in [0.3, 0.4) is 0 Å². The highest BCUT2D eigenvalue weighted by atomic mass is 16.2. The zero-order valence-electron chi connectivity index (χ0n) is 13.2. The second-order valence-corrected chi connectivity index (χ2v) is 5.85. The molecular formula is C18H19N3O3. The molecule has 1 saturated heterocycles. The van der Waals surface area contributed by atoms with E-state index in [1.165, 1.54) is 5.01 Å². The van der Waals surface area contributed by atoms with Crippen LogP contribution in [0.2, 0.25) is 0 Å². The van der Waals surface area contributed by atoms with Crippen LogP contribution in [0.25, 0.3) is 0 Å². The number of carbonyl (C=O) groups excluding carboxylic acids is 3. The smallest absolute Gasteiger partial charge is 0.251 e. The SMILES string of the molecule is C=CCNC(=O)c1cccc(N2NC(=O)C3CC=CCC3C2=O)c1. The van der Waals surface area contributed by atoms with E-state index >= 15 is 0 Å². The minimum atomic E-state index is -0.345. The number of hydrazine groups is 1. The van der Waals surface area contributed by atoms with Gasteiger partial charge in [0.15, 0.2) is 0 Å². The first-order valence-electron chi connectivity index (χ1n) is 7.90. The average molecular weight is 325 g/mol. The fourth-order valence-corrected chi connectivity index (χ4v) is 3.04. The Bertz CT molecular complexity index is 726. The molecule has 3 amide bonds. The molecular weight excluding hydrogens is 306 g/mol. The standard InChI is InChI=1S/C18H19N3O3/c1-2-10-19-16(22)12-6-5-7-13(11-12)21-18(24)15-9-4-3-8-14(15)17(23)20-21/h2-7,11,14-15H,1,8-10H2,(H,19,22)(H,20,23). The first-order chi connectivity index (χ1) is 11.6. The predicted octanol–water partition coefficient (Wildman–Crippen LogP) is 1.56. The normalized spacial score (nSPS) is 22.6. The maximum Gasteiger partial charge on any atom is 0.251 e. The van der Waals surface area contributed by atoms with E-state index in [2.05, 4.69) is 17.3 Å². The second-order valence-electron chi connectivity index (χ2n) is 5.85. The van der Waals surface area contributed by atoms with Gasteiger partial charge in [0.2, 0.25) is 11.8 Å². The largest absolute Gasteiger partial charge is 0.349 e. The number of fused-ring (bicyclic) bond motifs is 1. The van der Waals surface area contributed by atoms with Crippen molar-refractivity contribution in [3.8, 4) is 0 Å². The van der Waals surface area contributed by atoms with Crippen molar-refractivity contribution in [3.63, 3.8) is 0 Å². The summed E-state index contributed by atoms with van der Waals surface area (Å²) >= 11 is 0. The molecule has 2 unspecified atom stereocenters. The molecule has 1 aromatic rings. The molecule has 1 aromatic carbocycles. The van der Waals surface area contributed by atoms with Gasteiger partial charge in [-0.1, -0.05) is 24.3 Å². The molecule has 0 aromatic heterocycles. The minimum Gasteiger partial charge on any atom is -0.349 e. The number of nitrogens with zero attached hydrogens (tertiary/aromatic N) is 1. The van der Waals surface area contributed by atoms with E-state index in [0.717, 1.165) is 0 Å². The van der Waals surface area contributed by atoms with Crippen LogP contribution in [0, 0.1) is 11.8 Å². The van der Waals surface area contributed by atoms with E-state index in [1.54, 1.807) is 30.3 Å². The van der Waals surface area contributed by atoms with E-state index in [0.29, 0.717) is 30.6 Å². The number of benzene rings is 1. The van der Waals surface area contributed by atoms with Crippen LogP contribution in [-0.4, -0.2) is 24.3 Å². The molecule has 0 radical (unpaired) electrons. The molecule has 2 aliphatic rings. The number of amides is 3. The zero-order valence-corrected chi connectivity index (χ0v) is 13.2. The van der Waals surface area contributed by atoms with Crippen LogP contribution in [0.5, 0.6) is 0 Å². The van der Waals surface area contributed by atoms with Gasteiger partial charge in [-0.2, -0.15) is 0 Å². The van der Waals surface area contributed by atoms with E-state index in [-0.39, 0.29) is 29.6 Å². The summed E-state index contributed by atoms with van der Waals surface area (Å²) in [6.07, 6.45) is 6.61. The fraction of sp³-hybridized carbons (Fsp3) is 0.278. The number of hydrogen-bond acceptors (Lipinski definition) is 3. The minimum absolute atomic E-state index is 0.146. The van der Waals surface area contributed by atoms with Crippen LogP contribution in [0.4, 0.5) is 5.69 Å². The Morgan fingerprint density at radius 2 is 2.04 bits per heavy atom. The van der Waals surface area contributed by atoms with Gasteiger partial charge in [0.1, 0.15) is 0 Å².